The van der Waals surface area contributed by atoms with Crippen molar-refractivity contribution < 1.29 is 9.53 Å². The van der Waals surface area contributed by atoms with Gasteiger partial charge in [0.25, 0.3) is 0 Å². The fourth-order valence-corrected chi connectivity index (χ4v) is 2.60. The molecule has 1 fully saturated rings. The van der Waals surface area contributed by atoms with E-state index in [1.807, 2.05) is 7.05 Å². The first-order valence-corrected chi connectivity index (χ1v) is 7.24. The molecule has 0 saturated heterocycles. The average molecular weight is 256 g/mol. The Balaban J connectivity index is 2.27. The maximum atomic E-state index is 11.8. The summed E-state index contributed by atoms with van der Waals surface area (Å²) in [5, 5.41) is 0. The summed E-state index contributed by atoms with van der Waals surface area (Å²) in [5.74, 6) is 0.713. The highest BCUT2D eigenvalue weighted by Gasteiger charge is 2.25. The highest BCUT2D eigenvalue weighted by Crippen LogP contribution is 2.28. The first-order valence-electron chi connectivity index (χ1n) is 7.24. The lowest BCUT2D eigenvalue weighted by Gasteiger charge is -2.31. The van der Waals surface area contributed by atoms with E-state index in [1.165, 1.54) is 19.3 Å². The molecule has 1 saturated carbocycles. The molecule has 1 aliphatic carbocycles. The van der Waals surface area contributed by atoms with Crippen LogP contribution in [0.5, 0.6) is 0 Å². The topological polar surface area (TPSA) is 55.6 Å². The number of hydrogen-bond donors (Lipinski definition) is 1. The molecular formula is C14H28N2O2. The van der Waals surface area contributed by atoms with Gasteiger partial charge in [-0.3, -0.25) is 4.79 Å². The Hall–Kier alpha value is -0.610. The lowest BCUT2D eigenvalue weighted by molar-refractivity contribution is -0.139. The summed E-state index contributed by atoms with van der Waals surface area (Å²) in [6.45, 7) is 3.78. The van der Waals surface area contributed by atoms with Gasteiger partial charge in [-0.25, -0.2) is 0 Å². The van der Waals surface area contributed by atoms with E-state index in [4.69, 9.17) is 10.5 Å². The van der Waals surface area contributed by atoms with Gasteiger partial charge in [-0.05, 0) is 31.7 Å². The fraction of sp³-hybridized carbons (Fsp3) is 0.929. The van der Waals surface area contributed by atoms with E-state index in [1.54, 1.807) is 4.90 Å². The van der Waals surface area contributed by atoms with E-state index >= 15 is 0 Å². The van der Waals surface area contributed by atoms with Crippen LogP contribution in [0.15, 0.2) is 0 Å². The smallest absolute Gasteiger partial charge is 0.248 e. The Kier molecular flexibility index (Phi) is 7.28. The third-order valence-corrected chi connectivity index (χ3v) is 3.91. The molecule has 1 amide bonds. The molecule has 106 valence electrons. The third kappa shape index (κ3) is 4.94. The van der Waals surface area contributed by atoms with Crippen molar-refractivity contribution in [1.82, 2.24) is 4.90 Å². The van der Waals surface area contributed by atoms with Crippen molar-refractivity contribution in [1.29, 1.82) is 0 Å². The Morgan fingerprint density at radius 3 is 2.78 bits per heavy atom. The van der Waals surface area contributed by atoms with Crippen molar-refractivity contribution in [3.63, 3.8) is 0 Å². The second-order valence-electron chi connectivity index (χ2n) is 5.26. The molecule has 2 unspecified atom stereocenters. The minimum atomic E-state index is 0.0730. The molecule has 0 spiro atoms. The van der Waals surface area contributed by atoms with Gasteiger partial charge in [0, 0.05) is 13.6 Å². The molecule has 0 aliphatic heterocycles. The quantitative estimate of drug-likeness (QED) is 0.755. The summed E-state index contributed by atoms with van der Waals surface area (Å²) in [6.07, 6.45) is 7.19. The molecule has 0 heterocycles. The van der Waals surface area contributed by atoms with Gasteiger partial charge in [-0.15, -0.1) is 0 Å². The van der Waals surface area contributed by atoms with Crippen LogP contribution in [-0.2, 0) is 9.53 Å². The monoisotopic (exact) mass is 256 g/mol. The Morgan fingerprint density at radius 1 is 1.39 bits per heavy atom. The van der Waals surface area contributed by atoms with Crippen molar-refractivity contribution in [2.24, 2.45) is 11.7 Å². The second-order valence-corrected chi connectivity index (χ2v) is 5.26. The van der Waals surface area contributed by atoms with Crippen LogP contribution in [0.25, 0.3) is 0 Å². The average Bonchev–Trinajstić information content (AvgIpc) is 2.42. The standard InChI is InChI=1S/C14H28N2O2/c1-3-12-7-4-5-8-13(12)18-11-14(17)16(2)10-6-9-15/h12-13H,3-11,15H2,1-2H3. The molecule has 1 rings (SSSR count). The molecule has 18 heavy (non-hydrogen) atoms. The third-order valence-electron chi connectivity index (χ3n) is 3.91. The number of nitrogens with two attached hydrogens (primary N) is 1. The van der Waals surface area contributed by atoms with Crippen molar-refractivity contribution >= 4 is 5.91 Å². The molecule has 4 heteroatoms. The summed E-state index contributed by atoms with van der Waals surface area (Å²) < 4.78 is 5.83. The van der Waals surface area contributed by atoms with Gasteiger partial charge in [0.05, 0.1) is 6.10 Å². The van der Waals surface area contributed by atoms with Crippen molar-refractivity contribution in [2.75, 3.05) is 26.7 Å². The molecule has 0 aromatic carbocycles. The molecule has 2 atom stereocenters. The molecular weight excluding hydrogens is 228 g/mol. The zero-order chi connectivity index (χ0) is 13.4. The van der Waals surface area contributed by atoms with Gasteiger partial charge in [0.1, 0.15) is 6.61 Å². The van der Waals surface area contributed by atoms with Gasteiger partial charge in [-0.2, -0.15) is 0 Å². The maximum Gasteiger partial charge on any atom is 0.248 e. The number of hydrogen-bond acceptors (Lipinski definition) is 3. The van der Waals surface area contributed by atoms with Gasteiger partial charge in [0.15, 0.2) is 0 Å². The van der Waals surface area contributed by atoms with Crippen molar-refractivity contribution in [2.45, 2.75) is 51.6 Å². The highest BCUT2D eigenvalue weighted by molar-refractivity contribution is 5.77. The minimum absolute atomic E-state index is 0.0730. The fourth-order valence-electron chi connectivity index (χ4n) is 2.60. The minimum Gasteiger partial charge on any atom is -0.368 e. The molecule has 0 bridgehead atoms. The number of likely N-dealkylation sites (N-methyl/N-ethyl adjacent to an activating group) is 1. The number of amides is 1. The van der Waals surface area contributed by atoms with E-state index in [9.17, 15) is 4.79 Å². The van der Waals surface area contributed by atoms with Crippen LogP contribution in [0.4, 0.5) is 0 Å². The summed E-state index contributed by atoms with van der Waals surface area (Å²) in [4.78, 5) is 13.6. The van der Waals surface area contributed by atoms with E-state index in [0.29, 0.717) is 12.5 Å². The second kappa shape index (κ2) is 8.48. The molecule has 0 aromatic heterocycles. The first-order chi connectivity index (χ1) is 8.69. The van der Waals surface area contributed by atoms with E-state index < -0.39 is 0 Å². The molecule has 1 aliphatic rings. The predicted molar refractivity (Wildman–Crippen MR) is 73.3 cm³/mol. The summed E-state index contributed by atoms with van der Waals surface area (Å²) >= 11 is 0. The number of nitrogens with zero attached hydrogens (tertiary/aromatic N) is 1. The number of rotatable bonds is 7. The largest absolute Gasteiger partial charge is 0.368 e. The molecule has 4 nitrogen and oxygen atoms in total. The first kappa shape index (κ1) is 15.4. The van der Waals surface area contributed by atoms with Crippen LogP contribution < -0.4 is 5.73 Å². The zero-order valence-electron chi connectivity index (χ0n) is 11.9. The molecule has 0 radical (unpaired) electrons. The van der Waals surface area contributed by atoms with Crippen LogP contribution >= 0.6 is 0 Å². The normalized spacial score (nSPS) is 23.9. The maximum absolute atomic E-state index is 11.8. The zero-order valence-corrected chi connectivity index (χ0v) is 11.9. The SMILES string of the molecule is CCC1CCCCC1OCC(=O)N(C)CCCN. The van der Waals surface area contributed by atoms with Crippen LogP contribution in [0.1, 0.15) is 45.4 Å². The Labute approximate surface area is 111 Å². The Morgan fingerprint density at radius 2 is 2.11 bits per heavy atom. The van der Waals surface area contributed by atoms with E-state index in [2.05, 4.69) is 6.92 Å². The van der Waals surface area contributed by atoms with Gasteiger partial charge in [0.2, 0.25) is 5.91 Å². The van der Waals surface area contributed by atoms with Crippen molar-refractivity contribution in [3.05, 3.63) is 0 Å². The van der Waals surface area contributed by atoms with Gasteiger partial charge >= 0.3 is 0 Å². The van der Waals surface area contributed by atoms with Crippen LogP contribution in [0.3, 0.4) is 0 Å². The highest BCUT2D eigenvalue weighted by atomic mass is 16.5. The van der Waals surface area contributed by atoms with Crippen LogP contribution in [0.2, 0.25) is 0 Å². The van der Waals surface area contributed by atoms with Gasteiger partial charge < -0.3 is 15.4 Å². The van der Waals surface area contributed by atoms with Crippen LogP contribution in [-0.4, -0.2) is 43.7 Å². The molecule has 2 N–H and O–H groups in total. The summed E-state index contributed by atoms with van der Waals surface area (Å²) in [5.41, 5.74) is 5.43. The number of carbonyl (C=O) groups is 1. The lowest BCUT2D eigenvalue weighted by atomic mass is 9.85. The van der Waals surface area contributed by atoms with Crippen molar-refractivity contribution in [3.8, 4) is 0 Å². The van der Waals surface area contributed by atoms with Gasteiger partial charge in [-0.1, -0.05) is 26.2 Å². The number of carbonyl (C=O) groups excluding carboxylic acids is 1. The molecule has 0 aromatic rings. The number of ether oxygens (including phenoxy) is 1. The Bertz CT molecular complexity index is 246. The summed E-state index contributed by atoms with van der Waals surface area (Å²) in [6, 6.07) is 0. The predicted octanol–water partition coefficient (Wildman–Crippen LogP) is 1.78. The van der Waals surface area contributed by atoms with E-state index in [0.717, 1.165) is 25.8 Å². The van der Waals surface area contributed by atoms with E-state index in [-0.39, 0.29) is 18.6 Å². The lowest BCUT2D eigenvalue weighted by Crippen LogP contribution is -2.35. The summed E-state index contributed by atoms with van der Waals surface area (Å²) in [7, 11) is 1.82. The van der Waals surface area contributed by atoms with Crippen LogP contribution in [0, 0.1) is 5.92 Å².